The van der Waals surface area contributed by atoms with Crippen LogP contribution in [0.1, 0.15) is 19.4 Å². The van der Waals surface area contributed by atoms with Crippen LogP contribution in [-0.4, -0.2) is 36.3 Å². The van der Waals surface area contributed by atoms with Gasteiger partial charge < -0.3 is 19.4 Å². The maximum atomic E-state index is 12.6. The molecule has 3 aromatic carbocycles. The van der Waals surface area contributed by atoms with E-state index in [1.165, 1.54) is 0 Å². The van der Waals surface area contributed by atoms with Crippen LogP contribution in [0, 0.1) is 0 Å². The lowest BCUT2D eigenvalue weighted by Crippen LogP contribution is -2.24. The van der Waals surface area contributed by atoms with Crippen molar-refractivity contribution in [2.45, 2.75) is 20.5 Å². The first-order valence-electron chi connectivity index (χ1n) is 11.0. The number of rotatable bonds is 8. The minimum absolute atomic E-state index is 0.204. The lowest BCUT2D eigenvalue weighted by Gasteiger charge is -2.24. The number of methoxy groups -OCH3 is 1. The Morgan fingerprint density at radius 3 is 2.48 bits per heavy atom. The fourth-order valence-electron chi connectivity index (χ4n) is 3.81. The SMILES string of the molecule is CCN(CC)c1cc2[nH]c(-c3ccccc3OC)nc2cc1NC(=O)OCc1ccccc1. The van der Waals surface area contributed by atoms with Crippen molar-refractivity contribution < 1.29 is 14.3 Å². The van der Waals surface area contributed by atoms with Crippen LogP contribution >= 0.6 is 0 Å². The van der Waals surface area contributed by atoms with Gasteiger partial charge >= 0.3 is 6.09 Å². The lowest BCUT2D eigenvalue weighted by atomic mass is 10.2. The fourth-order valence-corrected chi connectivity index (χ4v) is 3.81. The van der Waals surface area contributed by atoms with Crippen molar-refractivity contribution in [2.24, 2.45) is 0 Å². The molecule has 1 amide bonds. The number of hydrogen-bond acceptors (Lipinski definition) is 5. The van der Waals surface area contributed by atoms with Gasteiger partial charge in [-0.25, -0.2) is 9.78 Å². The number of ether oxygens (including phenoxy) is 2. The Labute approximate surface area is 193 Å². The lowest BCUT2D eigenvalue weighted by molar-refractivity contribution is 0.155. The zero-order chi connectivity index (χ0) is 23.2. The van der Waals surface area contributed by atoms with Crippen LogP contribution in [0.15, 0.2) is 66.7 Å². The number of benzene rings is 3. The van der Waals surface area contributed by atoms with E-state index in [0.29, 0.717) is 11.5 Å². The second-order valence-electron chi connectivity index (χ2n) is 7.53. The summed E-state index contributed by atoms with van der Waals surface area (Å²) in [7, 11) is 1.64. The van der Waals surface area contributed by atoms with Gasteiger partial charge in [-0.15, -0.1) is 0 Å². The van der Waals surface area contributed by atoms with E-state index in [0.717, 1.165) is 46.7 Å². The molecule has 33 heavy (non-hydrogen) atoms. The molecule has 0 bridgehead atoms. The van der Waals surface area contributed by atoms with Crippen LogP contribution in [0.25, 0.3) is 22.4 Å². The summed E-state index contributed by atoms with van der Waals surface area (Å²) in [5.41, 5.74) is 4.98. The monoisotopic (exact) mass is 444 g/mol. The molecule has 0 fully saturated rings. The number of nitrogens with one attached hydrogen (secondary N) is 2. The molecule has 0 aliphatic rings. The van der Waals surface area contributed by atoms with Gasteiger partial charge in [0.25, 0.3) is 0 Å². The van der Waals surface area contributed by atoms with Crippen molar-refractivity contribution in [3.63, 3.8) is 0 Å². The first-order chi connectivity index (χ1) is 16.1. The van der Waals surface area contributed by atoms with E-state index in [1.807, 2.05) is 66.7 Å². The Hall–Kier alpha value is -4.00. The number of amides is 1. The topological polar surface area (TPSA) is 79.5 Å². The van der Waals surface area contributed by atoms with Crippen molar-refractivity contribution in [1.29, 1.82) is 0 Å². The summed E-state index contributed by atoms with van der Waals surface area (Å²) in [6, 6.07) is 21.2. The number of hydrogen-bond donors (Lipinski definition) is 2. The average molecular weight is 445 g/mol. The molecule has 4 aromatic rings. The number of nitrogens with zero attached hydrogens (tertiary/aromatic N) is 2. The summed E-state index contributed by atoms with van der Waals surface area (Å²) in [5, 5.41) is 2.91. The molecule has 0 unspecified atom stereocenters. The van der Waals surface area contributed by atoms with Gasteiger partial charge in [-0.3, -0.25) is 5.32 Å². The molecular formula is C26H28N4O3. The summed E-state index contributed by atoms with van der Waals surface area (Å²) < 4.78 is 10.9. The van der Waals surface area contributed by atoms with Crippen LogP contribution in [0.4, 0.5) is 16.2 Å². The number of anilines is 2. The Morgan fingerprint density at radius 1 is 1.03 bits per heavy atom. The predicted octanol–water partition coefficient (Wildman–Crippen LogP) is 5.83. The Balaban J connectivity index is 1.66. The minimum Gasteiger partial charge on any atom is -0.496 e. The van der Waals surface area contributed by atoms with Gasteiger partial charge in [0.2, 0.25) is 0 Å². The smallest absolute Gasteiger partial charge is 0.412 e. The van der Waals surface area contributed by atoms with Gasteiger partial charge in [0.05, 0.1) is 35.1 Å². The number of carbonyl (C=O) groups excluding carboxylic acids is 1. The molecule has 170 valence electrons. The van der Waals surface area contributed by atoms with E-state index in [2.05, 4.69) is 29.0 Å². The Morgan fingerprint density at radius 2 is 1.76 bits per heavy atom. The summed E-state index contributed by atoms with van der Waals surface area (Å²) in [6.07, 6.45) is -0.507. The highest BCUT2D eigenvalue weighted by Crippen LogP contribution is 2.34. The van der Waals surface area contributed by atoms with Crippen molar-refractivity contribution >= 4 is 28.5 Å². The molecule has 7 nitrogen and oxygen atoms in total. The van der Waals surface area contributed by atoms with Crippen LogP contribution in [0.2, 0.25) is 0 Å². The predicted molar refractivity (Wildman–Crippen MR) is 132 cm³/mol. The number of aromatic nitrogens is 2. The van der Waals surface area contributed by atoms with E-state index in [-0.39, 0.29) is 6.61 Å². The zero-order valence-electron chi connectivity index (χ0n) is 19.1. The normalized spacial score (nSPS) is 10.8. The zero-order valence-corrected chi connectivity index (χ0v) is 19.1. The quantitative estimate of drug-likeness (QED) is 0.357. The van der Waals surface area contributed by atoms with Gasteiger partial charge in [0.1, 0.15) is 18.2 Å². The second kappa shape index (κ2) is 10.1. The van der Waals surface area contributed by atoms with Crippen molar-refractivity contribution in [1.82, 2.24) is 9.97 Å². The van der Waals surface area contributed by atoms with Crippen molar-refractivity contribution in [2.75, 3.05) is 30.4 Å². The number of fused-ring (bicyclic) bond motifs is 1. The molecule has 7 heteroatoms. The number of H-pyrrole nitrogens is 1. The fraction of sp³-hybridized carbons (Fsp3) is 0.231. The van der Waals surface area contributed by atoms with Crippen LogP contribution in [-0.2, 0) is 11.3 Å². The highest BCUT2D eigenvalue weighted by Gasteiger charge is 2.17. The van der Waals surface area contributed by atoms with Gasteiger partial charge in [-0.05, 0) is 43.7 Å². The molecule has 0 saturated carbocycles. The van der Waals surface area contributed by atoms with Crippen molar-refractivity contribution in [3.05, 3.63) is 72.3 Å². The third kappa shape index (κ3) is 4.92. The van der Waals surface area contributed by atoms with E-state index < -0.39 is 6.09 Å². The summed E-state index contributed by atoms with van der Waals surface area (Å²) in [4.78, 5) is 22.9. The standard InChI is InChI=1S/C26H28N4O3/c1-4-30(5-2)23-16-21-20(27-25(28-21)19-13-9-10-14-24(19)32-3)15-22(23)29-26(31)33-17-18-11-7-6-8-12-18/h6-16H,4-5,17H2,1-3H3,(H,27,28)(H,29,31). The van der Waals surface area contributed by atoms with Crippen molar-refractivity contribution in [3.8, 4) is 17.1 Å². The Bertz CT molecular complexity index is 1230. The van der Waals surface area contributed by atoms with Gasteiger partial charge in [0, 0.05) is 13.1 Å². The molecule has 1 heterocycles. The first-order valence-corrected chi connectivity index (χ1v) is 11.0. The van der Waals surface area contributed by atoms with E-state index >= 15 is 0 Å². The van der Waals surface area contributed by atoms with E-state index in [4.69, 9.17) is 14.5 Å². The van der Waals surface area contributed by atoms with E-state index in [9.17, 15) is 4.79 Å². The van der Waals surface area contributed by atoms with Gasteiger partial charge in [-0.2, -0.15) is 0 Å². The number of aromatic amines is 1. The Kier molecular flexibility index (Phi) is 6.78. The molecule has 0 spiro atoms. The molecular weight excluding hydrogens is 416 g/mol. The molecule has 0 atom stereocenters. The molecule has 0 aliphatic heterocycles. The maximum Gasteiger partial charge on any atom is 0.412 e. The minimum atomic E-state index is -0.507. The summed E-state index contributed by atoms with van der Waals surface area (Å²) >= 11 is 0. The highest BCUT2D eigenvalue weighted by molar-refractivity contribution is 5.96. The summed E-state index contributed by atoms with van der Waals surface area (Å²) in [6.45, 7) is 5.96. The number of carbonyl (C=O) groups is 1. The van der Waals surface area contributed by atoms with E-state index in [1.54, 1.807) is 7.11 Å². The largest absolute Gasteiger partial charge is 0.496 e. The van der Waals surface area contributed by atoms with Crippen LogP contribution in [0.5, 0.6) is 5.75 Å². The number of imidazole rings is 1. The van der Waals surface area contributed by atoms with Crippen LogP contribution < -0.4 is 15.0 Å². The molecule has 0 radical (unpaired) electrons. The summed E-state index contributed by atoms with van der Waals surface area (Å²) in [5.74, 6) is 1.44. The van der Waals surface area contributed by atoms with Gasteiger partial charge in [0.15, 0.2) is 0 Å². The third-order valence-corrected chi connectivity index (χ3v) is 5.52. The molecule has 0 aliphatic carbocycles. The molecule has 0 saturated heterocycles. The second-order valence-corrected chi connectivity index (χ2v) is 7.53. The molecule has 4 rings (SSSR count). The third-order valence-electron chi connectivity index (χ3n) is 5.52. The first kappa shape index (κ1) is 22.2. The average Bonchev–Trinajstić information content (AvgIpc) is 3.27. The maximum absolute atomic E-state index is 12.6. The highest BCUT2D eigenvalue weighted by atomic mass is 16.5. The molecule has 1 aromatic heterocycles. The van der Waals surface area contributed by atoms with Crippen LogP contribution in [0.3, 0.4) is 0 Å². The molecule has 2 N–H and O–H groups in total. The van der Waals surface area contributed by atoms with Gasteiger partial charge in [-0.1, -0.05) is 42.5 Å². The number of para-hydroxylation sites is 1.